The fourth-order valence-corrected chi connectivity index (χ4v) is 2.82. The number of carbonyl (C=O) groups is 1. The lowest BCUT2D eigenvalue weighted by atomic mass is 10.1. The number of halogens is 1. The van der Waals surface area contributed by atoms with Gasteiger partial charge in [0, 0.05) is 22.0 Å². The molecule has 3 aromatic rings. The first-order chi connectivity index (χ1) is 12.9. The predicted octanol–water partition coefficient (Wildman–Crippen LogP) is 4.13. The van der Waals surface area contributed by atoms with Crippen molar-refractivity contribution in [1.29, 1.82) is 0 Å². The Labute approximate surface area is 160 Å². The minimum absolute atomic E-state index is 0.0927. The molecule has 0 saturated heterocycles. The summed E-state index contributed by atoms with van der Waals surface area (Å²) < 4.78 is 21.0. The van der Waals surface area contributed by atoms with Gasteiger partial charge in [-0.15, -0.1) is 0 Å². The van der Waals surface area contributed by atoms with Crippen LogP contribution in [0.4, 0.5) is 0 Å². The number of hydrogen-bond acceptors (Lipinski definition) is 6. The van der Waals surface area contributed by atoms with Crippen molar-refractivity contribution in [2.45, 2.75) is 13.5 Å². The van der Waals surface area contributed by atoms with Gasteiger partial charge in [0.15, 0.2) is 11.5 Å². The van der Waals surface area contributed by atoms with Gasteiger partial charge >= 0.3 is 11.6 Å². The summed E-state index contributed by atoms with van der Waals surface area (Å²) in [6.45, 7) is 1.92. The summed E-state index contributed by atoms with van der Waals surface area (Å²) >= 11 is 6.20. The number of benzene rings is 2. The first-order valence-electron chi connectivity index (χ1n) is 8.05. The van der Waals surface area contributed by atoms with E-state index in [1.165, 1.54) is 26.4 Å². The fraction of sp³-hybridized carbons (Fsp3) is 0.200. The molecule has 0 radical (unpaired) electrons. The summed E-state index contributed by atoms with van der Waals surface area (Å²) in [5.74, 6) is 0.320. The molecule has 1 heterocycles. The molecule has 27 heavy (non-hydrogen) atoms. The van der Waals surface area contributed by atoms with Gasteiger partial charge in [0.05, 0.1) is 19.8 Å². The standard InChI is InChI=1S/C20H17ClO6/c1-11-6-17-14(9-15(11)21)13(8-19(22)27-17)10-26-16-5-4-12(20(23)25-3)7-18(16)24-2/h4-9H,10H2,1-3H3. The van der Waals surface area contributed by atoms with E-state index in [9.17, 15) is 9.59 Å². The van der Waals surface area contributed by atoms with Crippen LogP contribution in [0, 0.1) is 6.92 Å². The molecule has 0 aliphatic heterocycles. The maximum atomic E-state index is 11.9. The minimum atomic E-state index is -0.476. The molecule has 2 aromatic carbocycles. The zero-order valence-electron chi connectivity index (χ0n) is 15.0. The van der Waals surface area contributed by atoms with E-state index < -0.39 is 11.6 Å². The Kier molecular flexibility index (Phi) is 5.37. The highest BCUT2D eigenvalue weighted by atomic mass is 35.5. The molecule has 0 saturated carbocycles. The van der Waals surface area contributed by atoms with E-state index in [1.807, 2.05) is 6.92 Å². The van der Waals surface area contributed by atoms with Gasteiger partial charge in [-0.1, -0.05) is 11.6 Å². The van der Waals surface area contributed by atoms with E-state index in [-0.39, 0.29) is 6.61 Å². The smallest absolute Gasteiger partial charge is 0.337 e. The molecule has 3 rings (SSSR count). The second-order valence-corrected chi connectivity index (χ2v) is 6.24. The summed E-state index contributed by atoms with van der Waals surface area (Å²) in [5.41, 5.74) is 1.74. The highest BCUT2D eigenvalue weighted by Gasteiger charge is 2.13. The number of esters is 1. The van der Waals surface area contributed by atoms with Crippen molar-refractivity contribution in [3.05, 3.63) is 68.5 Å². The maximum absolute atomic E-state index is 11.9. The summed E-state index contributed by atoms with van der Waals surface area (Å²) in [4.78, 5) is 23.5. The third kappa shape index (κ3) is 3.90. The van der Waals surface area contributed by atoms with Gasteiger partial charge in [0.2, 0.25) is 0 Å². The Hall–Kier alpha value is -2.99. The molecular formula is C20H17ClO6. The van der Waals surface area contributed by atoms with Crippen molar-refractivity contribution in [3.8, 4) is 11.5 Å². The van der Waals surface area contributed by atoms with E-state index in [4.69, 9.17) is 30.2 Å². The molecule has 0 unspecified atom stereocenters. The fourth-order valence-electron chi connectivity index (χ4n) is 2.65. The highest BCUT2D eigenvalue weighted by molar-refractivity contribution is 6.32. The van der Waals surface area contributed by atoms with Gasteiger partial charge in [-0.2, -0.15) is 0 Å². The SMILES string of the molecule is COC(=O)c1ccc(OCc2cc(=O)oc3cc(C)c(Cl)cc23)c(OC)c1. The number of carbonyl (C=O) groups excluding carboxylic acids is 1. The number of fused-ring (bicyclic) bond motifs is 1. The average molecular weight is 389 g/mol. The number of ether oxygens (including phenoxy) is 3. The normalized spacial score (nSPS) is 10.7. The van der Waals surface area contributed by atoms with E-state index in [2.05, 4.69) is 0 Å². The zero-order valence-corrected chi connectivity index (χ0v) is 15.8. The van der Waals surface area contributed by atoms with Crippen molar-refractivity contribution in [2.24, 2.45) is 0 Å². The van der Waals surface area contributed by atoms with Gasteiger partial charge in [-0.3, -0.25) is 0 Å². The predicted molar refractivity (Wildman–Crippen MR) is 101 cm³/mol. The van der Waals surface area contributed by atoms with Crippen molar-refractivity contribution < 1.29 is 23.4 Å². The summed E-state index contributed by atoms with van der Waals surface area (Å²) in [5, 5.41) is 1.26. The van der Waals surface area contributed by atoms with Crippen LogP contribution in [-0.2, 0) is 11.3 Å². The van der Waals surface area contributed by atoms with Gasteiger partial charge in [0.1, 0.15) is 12.2 Å². The van der Waals surface area contributed by atoms with Crippen LogP contribution < -0.4 is 15.1 Å². The van der Waals surface area contributed by atoms with Crippen LogP contribution in [0.5, 0.6) is 11.5 Å². The lowest BCUT2D eigenvalue weighted by Gasteiger charge is -2.13. The van der Waals surface area contributed by atoms with Gasteiger partial charge in [-0.25, -0.2) is 9.59 Å². The van der Waals surface area contributed by atoms with Crippen LogP contribution in [0.2, 0.25) is 5.02 Å². The van der Waals surface area contributed by atoms with Crippen LogP contribution in [0.3, 0.4) is 0 Å². The molecule has 0 spiro atoms. The van der Waals surface area contributed by atoms with Crippen molar-refractivity contribution in [1.82, 2.24) is 0 Å². The van der Waals surface area contributed by atoms with Gasteiger partial charge in [0.25, 0.3) is 0 Å². The first kappa shape index (κ1) is 18.8. The van der Waals surface area contributed by atoms with E-state index >= 15 is 0 Å². The number of hydrogen-bond donors (Lipinski definition) is 0. The second kappa shape index (κ2) is 7.72. The third-order valence-corrected chi connectivity index (χ3v) is 4.48. The van der Waals surface area contributed by atoms with Crippen LogP contribution in [0.1, 0.15) is 21.5 Å². The molecule has 0 bridgehead atoms. The molecule has 6 nitrogen and oxygen atoms in total. The molecule has 0 atom stereocenters. The summed E-state index contributed by atoms with van der Waals surface area (Å²) in [6, 6.07) is 9.53. The van der Waals surface area contributed by atoms with Crippen LogP contribution in [0.25, 0.3) is 11.0 Å². The molecule has 0 aliphatic carbocycles. The van der Waals surface area contributed by atoms with Crippen LogP contribution in [-0.4, -0.2) is 20.2 Å². The monoisotopic (exact) mass is 388 g/mol. The molecular weight excluding hydrogens is 372 g/mol. The molecule has 1 aromatic heterocycles. The quantitative estimate of drug-likeness (QED) is 0.483. The number of rotatable bonds is 5. The lowest BCUT2D eigenvalue weighted by Crippen LogP contribution is -2.06. The largest absolute Gasteiger partial charge is 0.493 e. The van der Waals surface area contributed by atoms with E-state index in [0.717, 1.165) is 5.56 Å². The Bertz CT molecular complexity index is 1070. The van der Waals surface area contributed by atoms with Crippen LogP contribution in [0.15, 0.2) is 45.6 Å². The van der Waals surface area contributed by atoms with Crippen molar-refractivity contribution in [3.63, 3.8) is 0 Å². The third-order valence-electron chi connectivity index (χ3n) is 4.08. The zero-order chi connectivity index (χ0) is 19.6. The molecule has 0 N–H and O–H groups in total. The average Bonchev–Trinajstić information content (AvgIpc) is 2.66. The first-order valence-corrected chi connectivity index (χ1v) is 8.42. The molecule has 140 valence electrons. The Balaban J connectivity index is 1.94. The number of aryl methyl sites for hydroxylation is 1. The highest BCUT2D eigenvalue weighted by Crippen LogP contribution is 2.30. The van der Waals surface area contributed by atoms with Gasteiger partial charge in [-0.05, 0) is 42.8 Å². The number of methoxy groups -OCH3 is 2. The Morgan fingerprint density at radius 3 is 2.59 bits per heavy atom. The minimum Gasteiger partial charge on any atom is -0.493 e. The van der Waals surface area contributed by atoms with Crippen LogP contribution >= 0.6 is 11.6 Å². The van der Waals surface area contributed by atoms with Crippen molar-refractivity contribution in [2.75, 3.05) is 14.2 Å². The summed E-state index contributed by atoms with van der Waals surface area (Å²) in [6.07, 6.45) is 0. The Morgan fingerprint density at radius 1 is 1.11 bits per heavy atom. The molecule has 0 amide bonds. The second-order valence-electron chi connectivity index (χ2n) is 5.83. The molecule has 7 heteroatoms. The summed E-state index contributed by atoms with van der Waals surface area (Å²) in [7, 11) is 2.77. The Morgan fingerprint density at radius 2 is 1.89 bits per heavy atom. The van der Waals surface area contributed by atoms with E-state index in [0.29, 0.717) is 38.6 Å². The molecule has 0 aliphatic rings. The van der Waals surface area contributed by atoms with Gasteiger partial charge < -0.3 is 18.6 Å². The topological polar surface area (TPSA) is 75.0 Å². The molecule has 0 fully saturated rings. The maximum Gasteiger partial charge on any atom is 0.337 e. The lowest BCUT2D eigenvalue weighted by molar-refractivity contribution is 0.0600. The van der Waals surface area contributed by atoms with Crippen molar-refractivity contribution >= 4 is 28.5 Å². The van der Waals surface area contributed by atoms with E-state index in [1.54, 1.807) is 24.3 Å².